The number of aryl methyl sites for hydroxylation is 1. The van der Waals surface area contributed by atoms with Crippen molar-refractivity contribution >= 4 is 34.0 Å². The SMILES string of the molecule is Cc1nc(NC(=O)c2ccc(F)cc2)sc1Cc1cccc(Cl)c1. The molecule has 0 saturated carbocycles. The van der Waals surface area contributed by atoms with Crippen molar-refractivity contribution in [3.05, 3.63) is 81.1 Å². The zero-order valence-corrected chi connectivity index (χ0v) is 14.4. The number of hydrogen-bond donors (Lipinski definition) is 1. The van der Waals surface area contributed by atoms with Crippen LogP contribution in [0.2, 0.25) is 5.02 Å². The summed E-state index contributed by atoms with van der Waals surface area (Å²) in [5.41, 5.74) is 2.35. The molecule has 3 aromatic rings. The average Bonchev–Trinajstić information content (AvgIpc) is 2.87. The standard InChI is InChI=1S/C18H14ClFN2OS/c1-11-16(10-12-3-2-4-14(19)9-12)24-18(21-11)22-17(23)13-5-7-15(20)8-6-13/h2-9H,10H2,1H3,(H,21,22,23). The maximum atomic E-state index is 12.9. The number of halogens is 2. The van der Waals surface area contributed by atoms with Gasteiger partial charge in [0.25, 0.3) is 5.91 Å². The molecule has 0 saturated heterocycles. The molecule has 0 aliphatic carbocycles. The summed E-state index contributed by atoms with van der Waals surface area (Å²) >= 11 is 7.43. The number of thiazole rings is 1. The fourth-order valence-corrected chi connectivity index (χ4v) is 3.45. The van der Waals surface area contributed by atoms with Gasteiger partial charge in [0.1, 0.15) is 5.82 Å². The lowest BCUT2D eigenvalue weighted by molar-refractivity contribution is 0.102. The molecule has 0 fully saturated rings. The second-order valence-electron chi connectivity index (χ2n) is 5.30. The lowest BCUT2D eigenvalue weighted by Crippen LogP contribution is -2.11. The molecule has 2 aromatic carbocycles. The number of anilines is 1. The summed E-state index contributed by atoms with van der Waals surface area (Å²) < 4.78 is 12.9. The Morgan fingerprint density at radius 1 is 1.25 bits per heavy atom. The van der Waals surface area contributed by atoms with Crippen LogP contribution in [0.25, 0.3) is 0 Å². The molecule has 0 aliphatic rings. The quantitative estimate of drug-likeness (QED) is 0.704. The van der Waals surface area contributed by atoms with Gasteiger partial charge in [-0.1, -0.05) is 23.7 Å². The van der Waals surface area contributed by atoms with E-state index in [1.54, 1.807) is 0 Å². The summed E-state index contributed by atoms with van der Waals surface area (Å²) in [6, 6.07) is 13.1. The molecule has 0 spiro atoms. The third-order valence-corrected chi connectivity index (χ3v) is 4.78. The summed E-state index contributed by atoms with van der Waals surface area (Å²) in [5, 5.41) is 3.98. The summed E-state index contributed by atoms with van der Waals surface area (Å²) in [6.07, 6.45) is 0.705. The highest BCUT2D eigenvalue weighted by atomic mass is 35.5. The van der Waals surface area contributed by atoms with Crippen molar-refractivity contribution in [1.29, 1.82) is 0 Å². The predicted molar refractivity (Wildman–Crippen MR) is 95.5 cm³/mol. The van der Waals surface area contributed by atoms with Gasteiger partial charge >= 0.3 is 0 Å². The first-order chi connectivity index (χ1) is 11.5. The smallest absolute Gasteiger partial charge is 0.257 e. The molecule has 1 amide bonds. The van der Waals surface area contributed by atoms with Gasteiger partial charge in [0.15, 0.2) is 5.13 Å². The minimum Gasteiger partial charge on any atom is -0.298 e. The summed E-state index contributed by atoms with van der Waals surface area (Å²) in [7, 11) is 0. The van der Waals surface area contributed by atoms with Gasteiger partial charge in [-0.3, -0.25) is 10.1 Å². The van der Waals surface area contributed by atoms with Crippen molar-refractivity contribution in [1.82, 2.24) is 4.98 Å². The Morgan fingerprint density at radius 3 is 2.71 bits per heavy atom. The molecule has 0 aliphatic heterocycles. The van der Waals surface area contributed by atoms with Crippen LogP contribution < -0.4 is 5.32 Å². The number of carbonyl (C=O) groups is 1. The molecule has 3 rings (SSSR count). The number of nitrogens with one attached hydrogen (secondary N) is 1. The Morgan fingerprint density at radius 2 is 2.00 bits per heavy atom. The van der Waals surface area contributed by atoms with Crippen LogP contribution in [0.15, 0.2) is 48.5 Å². The molecule has 122 valence electrons. The first-order valence-electron chi connectivity index (χ1n) is 7.29. The fourth-order valence-electron chi connectivity index (χ4n) is 2.25. The van der Waals surface area contributed by atoms with Gasteiger partial charge in [0, 0.05) is 21.9 Å². The largest absolute Gasteiger partial charge is 0.298 e. The highest BCUT2D eigenvalue weighted by Crippen LogP contribution is 2.26. The van der Waals surface area contributed by atoms with Crippen LogP contribution in [-0.4, -0.2) is 10.9 Å². The van der Waals surface area contributed by atoms with Gasteiger partial charge in [0.2, 0.25) is 0 Å². The van der Waals surface area contributed by atoms with E-state index < -0.39 is 0 Å². The second kappa shape index (κ2) is 7.11. The number of nitrogens with zero attached hydrogens (tertiary/aromatic N) is 1. The van der Waals surface area contributed by atoms with Gasteiger partial charge in [0.05, 0.1) is 5.69 Å². The van der Waals surface area contributed by atoms with Crippen molar-refractivity contribution in [3.8, 4) is 0 Å². The van der Waals surface area contributed by atoms with Crippen molar-refractivity contribution in [3.63, 3.8) is 0 Å². The fraction of sp³-hybridized carbons (Fsp3) is 0.111. The Bertz CT molecular complexity index is 877. The van der Waals surface area contributed by atoms with Crippen molar-refractivity contribution < 1.29 is 9.18 Å². The van der Waals surface area contributed by atoms with E-state index in [1.807, 2.05) is 31.2 Å². The molecule has 0 atom stereocenters. The molecular weight excluding hydrogens is 347 g/mol. The molecule has 0 bridgehead atoms. The van der Waals surface area contributed by atoms with Crippen LogP contribution in [0, 0.1) is 12.7 Å². The average molecular weight is 361 g/mol. The first kappa shape index (κ1) is 16.6. The normalized spacial score (nSPS) is 10.6. The molecule has 1 aromatic heterocycles. The lowest BCUT2D eigenvalue weighted by Gasteiger charge is -2.01. The monoisotopic (exact) mass is 360 g/mol. The van der Waals surface area contributed by atoms with Crippen molar-refractivity contribution in [2.24, 2.45) is 0 Å². The minimum atomic E-state index is -0.375. The third kappa shape index (κ3) is 3.99. The van der Waals surface area contributed by atoms with Crippen LogP contribution in [-0.2, 0) is 6.42 Å². The number of rotatable bonds is 4. The van der Waals surface area contributed by atoms with Gasteiger partial charge in [-0.15, -0.1) is 11.3 Å². The van der Waals surface area contributed by atoms with E-state index in [9.17, 15) is 9.18 Å². The number of hydrogen-bond acceptors (Lipinski definition) is 3. The van der Waals surface area contributed by atoms with E-state index >= 15 is 0 Å². The zero-order chi connectivity index (χ0) is 17.1. The summed E-state index contributed by atoms with van der Waals surface area (Å²) in [6.45, 7) is 1.91. The Kier molecular flexibility index (Phi) is 4.92. The topological polar surface area (TPSA) is 42.0 Å². The number of aromatic nitrogens is 1. The van der Waals surface area contributed by atoms with Gasteiger partial charge in [-0.25, -0.2) is 9.37 Å². The minimum absolute atomic E-state index is 0.307. The maximum absolute atomic E-state index is 12.9. The number of carbonyl (C=O) groups excluding carboxylic acids is 1. The van der Waals surface area contributed by atoms with Gasteiger partial charge in [-0.05, 0) is 48.9 Å². The third-order valence-electron chi connectivity index (χ3n) is 3.47. The molecule has 1 heterocycles. The van der Waals surface area contributed by atoms with E-state index in [0.29, 0.717) is 22.1 Å². The maximum Gasteiger partial charge on any atom is 0.257 e. The van der Waals surface area contributed by atoms with E-state index in [-0.39, 0.29) is 11.7 Å². The molecule has 0 unspecified atom stereocenters. The molecule has 0 radical (unpaired) electrons. The van der Waals surface area contributed by atoms with Crippen molar-refractivity contribution in [2.75, 3.05) is 5.32 Å². The Hall–Kier alpha value is -2.24. The van der Waals surface area contributed by atoms with E-state index in [4.69, 9.17) is 11.6 Å². The Labute approximate surface area is 148 Å². The number of benzene rings is 2. The highest BCUT2D eigenvalue weighted by Gasteiger charge is 2.12. The van der Waals surface area contributed by atoms with E-state index in [2.05, 4.69) is 10.3 Å². The second-order valence-corrected chi connectivity index (χ2v) is 6.82. The predicted octanol–water partition coefficient (Wildman–Crippen LogP) is 5.09. The summed E-state index contributed by atoms with van der Waals surface area (Å²) in [4.78, 5) is 17.6. The van der Waals surface area contributed by atoms with Gasteiger partial charge < -0.3 is 0 Å². The van der Waals surface area contributed by atoms with Crippen LogP contribution in [0.5, 0.6) is 0 Å². The summed E-state index contributed by atoms with van der Waals surface area (Å²) in [5.74, 6) is -0.682. The van der Waals surface area contributed by atoms with Crippen LogP contribution in [0.3, 0.4) is 0 Å². The first-order valence-corrected chi connectivity index (χ1v) is 8.48. The van der Waals surface area contributed by atoms with Crippen LogP contribution in [0.1, 0.15) is 26.5 Å². The molecule has 6 heteroatoms. The van der Waals surface area contributed by atoms with Crippen molar-refractivity contribution in [2.45, 2.75) is 13.3 Å². The van der Waals surface area contributed by atoms with Gasteiger partial charge in [-0.2, -0.15) is 0 Å². The van der Waals surface area contributed by atoms with E-state index in [0.717, 1.165) is 16.1 Å². The molecule has 3 nitrogen and oxygen atoms in total. The van der Waals surface area contributed by atoms with Crippen LogP contribution in [0.4, 0.5) is 9.52 Å². The van der Waals surface area contributed by atoms with E-state index in [1.165, 1.54) is 35.6 Å². The molecular formula is C18H14ClFN2OS. The molecule has 1 N–H and O–H groups in total. The molecule has 24 heavy (non-hydrogen) atoms. The Balaban J connectivity index is 1.74. The van der Waals surface area contributed by atoms with Crippen LogP contribution >= 0.6 is 22.9 Å². The number of amides is 1. The highest BCUT2D eigenvalue weighted by molar-refractivity contribution is 7.15. The zero-order valence-electron chi connectivity index (χ0n) is 12.8. The lowest BCUT2D eigenvalue weighted by atomic mass is 10.1.